The number of amides is 1. The molecule has 1 amide bonds. The molecular formula is C20H20N2O5. The summed E-state index contributed by atoms with van der Waals surface area (Å²) in [5.41, 5.74) is 1.67. The Morgan fingerprint density at radius 1 is 1.07 bits per heavy atom. The highest BCUT2D eigenvalue weighted by atomic mass is 16.6. The fourth-order valence-electron chi connectivity index (χ4n) is 3.41. The monoisotopic (exact) mass is 368 g/mol. The molecule has 7 nitrogen and oxygen atoms in total. The minimum absolute atomic E-state index is 0.125. The number of cyclic esters (lactones) is 1. The van der Waals surface area contributed by atoms with E-state index in [0.717, 1.165) is 11.1 Å². The molecule has 140 valence electrons. The lowest BCUT2D eigenvalue weighted by Gasteiger charge is -2.40. The zero-order chi connectivity index (χ0) is 18.8. The fourth-order valence-corrected chi connectivity index (χ4v) is 3.41. The normalized spacial score (nSPS) is 25.0. The van der Waals surface area contributed by atoms with Crippen LogP contribution in [-0.2, 0) is 19.0 Å². The molecule has 2 aromatic carbocycles. The van der Waals surface area contributed by atoms with Gasteiger partial charge in [-0.15, -0.1) is 0 Å². The SMILES string of the molecule is CCOC(=O)[C@H]1O[C@@H](c2ccccc2)N2C(=O)OC[C@@H](c3ccccc3)N12. The van der Waals surface area contributed by atoms with E-state index in [-0.39, 0.29) is 19.3 Å². The Morgan fingerprint density at radius 3 is 2.33 bits per heavy atom. The predicted octanol–water partition coefficient (Wildman–Crippen LogP) is 3.02. The van der Waals surface area contributed by atoms with Gasteiger partial charge in [0.2, 0.25) is 6.23 Å². The van der Waals surface area contributed by atoms with Gasteiger partial charge in [0.05, 0.1) is 12.6 Å². The number of hydrogen-bond acceptors (Lipinski definition) is 6. The second kappa shape index (κ2) is 7.38. The zero-order valence-corrected chi connectivity index (χ0v) is 14.9. The number of esters is 1. The van der Waals surface area contributed by atoms with Crippen molar-refractivity contribution in [2.24, 2.45) is 0 Å². The van der Waals surface area contributed by atoms with Crippen molar-refractivity contribution in [1.82, 2.24) is 10.0 Å². The van der Waals surface area contributed by atoms with Gasteiger partial charge in [-0.3, -0.25) is 0 Å². The number of ether oxygens (including phenoxy) is 3. The highest BCUT2D eigenvalue weighted by molar-refractivity contribution is 5.77. The van der Waals surface area contributed by atoms with E-state index in [1.807, 2.05) is 60.7 Å². The van der Waals surface area contributed by atoms with Crippen LogP contribution in [-0.4, -0.2) is 41.5 Å². The number of fused-ring (bicyclic) bond motifs is 1. The Bertz CT molecular complexity index is 814. The van der Waals surface area contributed by atoms with Gasteiger partial charge < -0.3 is 14.2 Å². The zero-order valence-electron chi connectivity index (χ0n) is 14.9. The van der Waals surface area contributed by atoms with E-state index in [2.05, 4.69) is 0 Å². The number of rotatable bonds is 4. The number of hydrogen-bond donors (Lipinski definition) is 0. The summed E-state index contributed by atoms with van der Waals surface area (Å²) in [6.07, 6.45) is -2.35. The Hall–Kier alpha value is -2.90. The van der Waals surface area contributed by atoms with E-state index in [1.165, 1.54) is 5.01 Å². The van der Waals surface area contributed by atoms with Crippen LogP contribution in [0.2, 0.25) is 0 Å². The average molecular weight is 368 g/mol. The Labute approximate surface area is 157 Å². The van der Waals surface area contributed by atoms with Crippen molar-refractivity contribution < 1.29 is 23.8 Å². The second-order valence-corrected chi connectivity index (χ2v) is 6.23. The summed E-state index contributed by atoms with van der Waals surface area (Å²) in [6.45, 7) is 2.08. The van der Waals surface area contributed by atoms with Crippen molar-refractivity contribution in [1.29, 1.82) is 0 Å². The van der Waals surface area contributed by atoms with E-state index in [4.69, 9.17) is 14.2 Å². The van der Waals surface area contributed by atoms with Crippen molar-refractivity contribution >= 4 is 12.1 Å². The molecule has 0 saturated carbocycles. The fraction of sp³-hybridized carbons (Fsp3) is 0.300. The van der Waals surface area contributed by atoms with Crippen LogP contribution in [0.5, 0.6) is 0 Å². The van der Waals surface area contributed by atoms with Crippen LogP contribution >= 0.6 is 0 Å². The minimum atomic E-state index is -1.03. The maximum absolute atomic E-state index is 12.6. The number of nitrogens with zero attached hydrogens (tertiary/aromatic N) is 2. The molecule has 2 saturated heterocycles. The maximum Gasteiger partial charge on any atom is 0.427 e. The second-order valence-electron chi connectivity index (χ2n) is 6.23. The Morgan fingerprint density at radius 2 is 1.70 bits per heavy atom. The molecule has 0 bridgehead atoms. The topological polar surface area (TPSA) is 68.3 Å². The predicted molar refractivity (Wildman–Crippen MR) is 94.9 cm³/mol. The summed E-state index contributed by atoms with van der Waals surface area (Å²) >= 11 is 0. The molecule has 7 heteroatoms. The number of carbonyl (C=O) groups is 2. The quantitative estimate of drug-likeness (QED) is 0.773. The van der Waals surface area contributed by atoms with Crippen molar-refractivity contribution in [3.05, 3.63) is 71.8 Å². The van der Waals surface area contributed by atoms with Gasteiger partial charge in [-0.25, -0.2) is 14.6 Å². The third-order valence-corrected chi connectivity index (χ3v) is 4.60. The van der Waals surface area contributed by atoms with Crippen LogP contribution in [0.25, 0.3) is 0 Å². The van der Waals surface area contributed by atoms with Gasteiger partial charge in [-0.1, -0.05) is 60.7 Å². The van der Waals surface area contributed by atoms with Crippen LogP contribution in [0.1, 0.15) is 30.3 Å². The third-order valence-electron chi connectivity index (χ3n) is 4.60. The van der Waals surface area contributed by atoms with Gasteiger partial charge in [0.15, 0.2) is 6.23 Å². The van der Waals surface area contributed by atoms with Gasteiger partial charge in [0, 0.05) is 5.56 Å². The Balaban J connectivity index is 1.76. The molecule has 2 aliphatic rings. The van der Waals surface area contributed by atoms with Gasteiger partial charge in [-0.05, 0) is 12.5 Å². The van der Waals surface area contributed by atoms with E-state index in [0.29, 0.717) is 0 Å². The van der Waals surface area contributed by atoms with Crippen LogP contribution < -0.4 is 0 Å². The molecule has 2 heterocycles. The highest BCUT2D eigenvalue weighted by Gasteiger charge is 2.54. The number of hydrazine groups is 1. The van der Waals surface area contributed by atoms with Gasteiger partial charge >= 0.3 is 12.1 Å². The van der Waals surface area contributed by atoms with E-state index in [9.17, 15) is 9.59 Å². The van der Waals surface area contributed by atoms with E-state index >= 15 is 0 Å². The molecule has 0 spiro atoms. The van der Waals surface area contributed by atoms with Gasteiger partial charge in [-0.2, -0.15) is 5.01 Å². The van der Waals surface area contributed by atoms with E-state index in [1.54, 1.807) is 11.9 Å². The first-order valence-electron chi connectivity index (χ1n) is 8.87. The van der Waals surface area contributed by atoms with Crippen LogP contribution in [0.15, 0.2) is 60.7 Å². The molecular weight excluding hydrogens is 348 g/mol. The molecule has 2 aromatic rings. The molecule has 0 radical (unpaired) electrons. The smallest absolute Gasteiger partial charge is 0.427 e. The average Bonchev–Trinajstić information content (AvgIpc) is 3.11. The van der Waals surface area contributed by atoms with Crippen molar-refractivity contribution in [3.63, 3.8) is 0 Å². The molecule has 2 aliphatic heterocycles. The summed E-state index contributed by atoms with van der Waals surface area (Å²) < 4.78 is 16.6. The van der Waals surface area contributed by atoms with Gasteiger partial charge in [0.25, 0.3) is 0 Å². The summed E-state index contributed by atoms with van der Waals surface area (Å²) in [6, 6.07) is 18.5. The lowest BCUT2D eigenvalue weighted by Crippen LogP contribution is -2.55. The van der Waals surface area contributed by atoms with E-state index < -0.39 is 24.5 Å². The summed E-state index contributed by atoms with van der Waals surface area (Å²) in [7, 11) is 0. The lowest BCUT2D eigenvalue weighted by atomic mass is 10.1. The summed E-state index contributed by atoms with van der Waals surface area (Å²) in [4.78, 5) is 25.2. The Kier molecular flexibility index (Phi) is 4.79. The van der Waals surface area contributed by atoms with Crippen LogP contribution in [0.4, 0.5) is 4.79 Å². The first-order chi connectivity index (χ1) is 13.2. The molecule has 3 atom stereocenters. The molecule has 0 aromatic heterocycles. The summed E-state index contributed by atoms with van der Waals surface area (Å²) in [5.74, 6) is -0.531. The number of benzene rings is 2. The molecule has 4 rings (SSSR count). The van der Waals surface area contributed by atoms with Crippen LogP contribution in [0.3, 0.4) is 0 Å². The minimum Gasteiger partial charge on any atom is -0.463 e. The standard InChI is InChI=1S/C20H20N2O5/c1-2-25-19(23)18-21-16(14-9-5-3-6-10-14)13-26-20(24)22(21)17(27-18)15-11-7-4-8-12-15/h3-12,16-18H,2,13H2,1H3/t16-,17-,18+/m0/s1. The third kappa shape index (κ3) is 3.15. The first-order valence-corrected chi connectivity index (χ1v) is 8.87. The van der Waals surface area contributed by atoms with Crippen molar-refractivity contribution in [2.45, 2.75) is 25.4 Å². The summed E-state index contributed by atoms with van der Waals surface area (Å²) in [5, 5.41) is 3.01. The largest absolute Gasteiger partial charge is 0.463 e. The first kappa shape index (κ1) is 17.5. The van der Waals surface area contributed by atoms with Crippen molar-refractivity contribution in [2.75, 3.05) is 13.2 Å². The molecule has 2 fully saturated rings. The van der Waals surface area contributed by atoms with Gasteiger partial charge in [0.1, 0.15) is 6.61 Å². The molecule has 0 unspecified atom stereocenters. The molecule has 0 aliphatic carbocycles. The highest BCUT2D eigenvalue weighted by Crippen LogP contribution is 2.42. The molecule has 0 N–H and O–H groups in total. The molecule has 27 heavy (non-hydrogen) atoms. The maximum atomic E-state index is 12.6. The van der Waals surface area contributed by atoms with Crippen molar-refractivity contribution in [3.8, 4) is 0 Å². The number of carbonyl (C=O) groups excluding carboxylic acids is 2. The lowest BCUT2D eigenvalue weighted by molar-refractivity contribution is -0.171. The van der Waals surface area contributed by atoms with Crippen LogP contribution in [0, 0.1) is 0 Å².